The van der Waals surface area contributed by atoms with Crippen LogP contribution in [-0.2, 0) is 22.2 Å². The van der Waals surface area contributed by atoms with E-state index in [-0.39, 0.29) is 48.8 Å². The maximum Gasteiger partial charge on any atom is 0.423 e. The highest BCUT2D eigenvalue weighted by molar-refractivity contribution is 5.93. The molecule has 13 nitrogen and oxygen atoms in total. The highest BCUT2D eigenvalue weighted by Crippen LogP contribution is 2.36. The molecule has 1 aromatic carbocycles. The molecule has 3 N–H and O–H groups in total. The summed E-state index contributed by atoms with van der Waals surface area (Å²) in [6.07, 6.45) is 0.476. The van der Waals surface area contributed by atoms with Crippen molar-refractivity contribution in [1.82, 2.24) is 30.6 Å². The van der Waals surface area contributed by atoms with Crippen molar-refractivity contribution in [1.29, 1.82) is 0 Å². The van der Waals surface area contributed by atoms with E-state index in [1.54, 1.807) is 4.90 Å². The van der Waals surface area contributed by atoms with Crippen LogP contribution >= 0.6 is 0 Å². The van der Waals surface area contributed by atoms with Gasteiger partial charge in [0.2, 0.25) is 11.8 Å². The average Bonchev–Trinajstić information content (AvgIpc) is 3.03. The van der Waals surface area contributed by atoms with Gasteiger partial charge in [0.15, 0.2) is 5.82 Å². The molecule has 246 valence electrons. The second-order valence-electron chi connectivity index (χ2n) is 10.9. The van der Waals surface area contributed by atoms with Crippen molar-refractivity contribution >= 4 is 23.7 Å². The molecule has 3 heterocycles. The minimum absolute atomic E-state index is 0.0226. The van der Waals surface area contributed by atoms with Crippen LogP contribution in [0.1, 0.15) is 47.3 Å². The number of ether oxygens (including phenoxy) is 3. The first-order valence-corrected chi connectivity index (χ1v) is 14.9. The Labute approximate surface area is 263 Å². The third-order valence-corrected chi connectivity index (χ3v) is 7.55. The Morgan fingerprint density at radius 2 is 1.76 bits per heavy atom. The summed E-state index contributed by atoms with van der Waals surface area (Å²) in [6.45, 7) is 1.34. The fraction of sp³-hybridized carbons (Fsp3) is 0.467. The van der Waals surface area contributed by atoms with E-state index in [9.17, 15) is 22.8 Å². The minimum Gasteiger partial charge on any atom is -0.469 e. The third-order valence-electron chi connectivity index (χ3n) is 7.55. The molecule has 0 spiro atoms. The summed E-state index contributed by atoms with van der Waals surface area (Å²) in [5, 5.41) is 8.75. The standard InChI is InChI=1S/C30H35F3N8O5/c1-44-12-11-34-26(42)24-15-36-25(16-35-24)41(29(43)38-13-19-5-3-2-4-6-19)21-9-7-20(8-10-21)39-28-37-14-23(30(31,32)33)27(40-28)46-22-17-45-18-22/h2-6,14-16,20-22H,7-13,17-18H2,1H3,(H,34,42)(H,38,43)(H,37,39,40)/t20-,21-. The zero-order valence-corrected chi connectivity index (χ0v) is 25.1. The summed E-state index contributed by atoms with van der Waals surface area (Å²) in [6, 6.07) is 8.65. The highest BCUT2D eigenvalue weighted by atomic mass is 19.4. The van der Waals surface area contributed by atoms with Crippen LogP contribution in [0.15, 0.2) is 48.9 Å². The van der Waals surface area contributed by atoms with Crippen molar-refractivity contribution in [3.05, 3.63) is 65.7 Å². The van der Waals surface area contributed by atoms with E-state index in [1.807, 2.05) is 30.3 Å². The number of rotatable bonds is 12. The molecular formula is C30H35F3N8O5. The Kier molecular flexibility index (Phi) is 10.8. The number of aromatic nitrogens is 4. The summed E-state index contributed by atoms with van der Waals surface area (Å²) in [5.41, 5.74) is -0.0323. The van der Waals surface area contributed by atoms with Gasteiger partial charge in [0.25, 0.3) is 5.91 Å². The topological polar surface area (TPSA) is 153 Å². The van der Waals surface area contributed by atoms with Gasteiger partial charge in [-0.05, 0) is 31.2 Å². The van der Waals surface area contributed by atoms with E-state index in [1.165, 1.54) is 19.5 Å². The molecule has 1 aliphatic carbocycles. The first-order valence-electron chi connectivity index (χ1n) is 14.9. The van der Waals surface area contributed by atoms with E-state index in [0.717, 1.165) is 11.8 Å². The Morgan fingerprint density at radius 1 is 1.00 bits per heavy atom. The second kappa shape index (κ2) is 15.1. The van der Waals surface area contributed by atoms with E-state index >= 15 is 0 Å². The second-order valence-corrected chi connectivity index (χ2v) is 10.9. The lowest BCUT2D eigenvalue weighted by Crippen LogP contribution is -2.49. The molecule has 0 unspecified atom stereocenters. The number of alkyl halides is 3. The van der Waals surface area contributed by atoms with Gasteiger partial charge in [-0.2, -0.15) is 18.2 Å². The minimum atomic E-state index is -4.67. The number of carbonyl (C=O) groups excluding carboxylic acids is 2. The van der Waals surface area contributed by atoms with Crippen LogP contribution in [0.3, 0.4) is 0 Å². The quantitative estimate of drug-likeness (QED) is 0.250. The number of carbonyl (C=O) groups is 2. The molecule has 0 radical (unpaired) electrons. The SMILES string of the molecule is COCCNC(=O)c1cnc(N(C(=O)NCc2ccccc2)[C@H]2CC[C@H](Nc3ncc(C(F)(F)F)c(OC4COC4)n3)CC2)cn1. The van der Waals surface area contributed by atoms with Gasteiger partial charge in [-0.15, -0.1) is 0 Å². The molecule has 1 saturated carbocycles. The summed E-state index contributed by atoms with van der Waals surface area (Å²) in [5.74, 6) is -0.650. The van der Waals surface area contributed by atoms with Gasteiger partial charge < -0.3 is 30.2 Å². The number of amides is 3. The third kappa shape index (κ3) is 8.57. The number of methoxy groups -OCH3 is 1. The number of nitrogens with zero attached hydrogens (tertiary/aromatic N) is 5. The van der Waals surface area contributed by atoms with Crippen molar-refractivity contribution in [3.63, 3.8) is 0 Å². The van der Waals surface area contributed by atoms with Crippen molar-refractivity contribution in [2.24, 2.45) is 0 Å². The van der Waals surface area contributed by atoms with Crippen molar-refractivity contribution in [2.45, 2.75) is 56.6 Å². The molecule has 0 atom stereocenters. The molecule has 0 bridgehead atoms. The van der Waals surface area contributed by atoms with E-state index in [4.69, 9.17) is 14.2 Å². The maximum absolute atomic E-state index is 13.6. The number of urea groups is 1. The van der Waals surface area contributed by atoms with Crippen LogP contribution in [0.5, 0.6) is 5.88 Å². The number of anilines is 2. The largest absolute Gasteiger partial charge is 0.469 e. The molecule has 3 aromatic rings. The first-order chi connectivity index (χ1) is 22.2. The Hall–Kier alpha value is -4.57. The summed E-state index contributed by atoms with van der Waals surface area (Å²) < 4.78 is 56.0. The van der Waals surface area contributed by atoms with E-state index in [2.05, 4.69) is 35.9 Å². The first kappa shape index (κ1) is 32.8. The molecule has 16 heteroatoms. The predicted octanol–water partition coefficient (Wildman–Crippen LogP) is 3.58. The van der Waals surface area contributed by atoms with Gasteiger partial charge in [0.05, 0.1) is 32.2 Å². The molecule has 1 saturated heterocycles. The van der Waals surface area contributed by atoms with Crippen LogP contribution in [-0.4, -0.2) is 83.5 Å². The number of hydrogen-bond acceptors (Lipinski definition) is 10. The smallest absolute Gasteiger partial charge is 0.423 e. The number of benzene rings is 1. The van der Waals surface area contributed by atoms with Gasteiger partial charge >= 0.3 is 12.2 Å². The van der Waals surface area contributed by atoms with Crippen molar-refractivity contribution in [3.8, 4) is 5.88 Å². The van der Waals surface area contributed by atoms with Crippen LogP contribution in [0.4, 0.5) is 29.7 Å². The summed E-state index contributed by atoms with van der Waals surface area (Å²) >= 11 is 0. The molecule has 2 aromatic heterocycles. The van der Waals surface area contributed by atoms with Crippen molar-refractivity contribution < 1.29 is 37.0 Å². The Morgan fingerprint density at radius 3 is 2.39 bits per heavy atom. The van der Waals surface area contributed by atoms with E-state index < -0.39 is 29.6 Å². The normalized spacial score (nSPS) is 18.3. The number of hydrogen-bond donors (Lipinski definition) is 3. The van der Waals surface area contributed by atoms with Crippen LogP contribution in [0.25, 0.3) is 0 Å². The zero-order chi connectivity index (χ0) is 32.5. The zero-order valence-electron chi connectivity index (χ0n) is 25.1. The summed E-state index contributed by atoms with van der Waals surface area (Å²) in [7, 11) is 1.53. The summed E-state index contributed by atoms with van der Waals surface area (Å²) in [4.78, 5) is 44.1. The Balaban J connectivity index is 1.26. The van der Waals surface area contributed by atoms with Crippen LogP contribution in [0, 0.1) is 0 Å². The fourth-order valence-electron chi connectivity index (χ4n) is 5.06. The van der Waals surface area contributed by atoms with Gasteiger partial charge in [-0.25, -0.2) is 19.7 Å². The molecule has 2 aliphatic rings. The highest BCUT2D eigenvalue weighted by Gasteiger charge is 2.38. The van der Waals surface area contributed by atoms with Crippen LogP contribution < -0.4 is 25.6 Å². The monoisotopic (exact) mass is 644 g/mol. The predicted molar refractivity (Wildman–Crippen MR) is 159 cm³/mol. The number of nitrogens with one attached hydrogen (secondary N) is 3. The van der Waals surface area contributed by atoms with Gasteiger partial charge in [-0.1, -0.05) is 30.3 Å². The van der Waals surface area contributed by atoms with Crippen molar-refractivity contribution in [2.75, 3.05) is 43.7 Å². The van der Waals surface area contributed by atoms with E-state index in [0.29, 0.717) is 45.4 Å². The lowest BCUT2D eigenvalue weighted by molar-refractivity contribution is -0.142. The van der Waals surface area contributed by atoms with Gasteiger partial charge in [-0.3, -0.25) is 9.69 Å². The molecule has 3 amide bonds. The van der Waals surface area contributed by atoms with Gasteiger partial charge in [0.1, 0.15) is 17.4 Å². The van der Waals surface area contributed by atoms with Gasteiger partial charge in [0, 0.05) is 38.5 Å². The van der Waals surface area contributed by atoms with Crippen LogP contribution in [0.2, 0.25) is 0 Å². The number of halogens is 3. The molecule has 2 fully saturated rings. The fourth-order valence-corrected chi connectivity index (χ4v) is 5.06. The lowest BCUT2D eigenvalue weighted by atomic mass is 9.90. The molecule has 1 aliphatic heterocycles. The average molecular weight is 645 g/mol. The molecule has 5 rings (SSSR count). The maximum atomic E-state index is 13.6. The Bertz CT molecular complexity index is 1450. The lowest BCUT2D eigenvalue weighted by Gasteiger charge is -2.36. The molecule has 46 heavy (non-hydrogen) atoms. The molecular weight excluding hydrogens is 609 g/mol.